The summed E-state index contributed by atoms with van der Waals surface area (Å²) < 4.78 is 6.56. The molecule has 0 radical (unpaired) electrons. The number of carbonyl (C=O) groups excluding carboxylic acids is 2. The molecule has 322 valence electrons. The minimum atomic E-state index is -0.646. The molecule has 0 spiro atoms. The first-order chi connectivity index (χ1) is 27.7. The third-order valence-electron chi connectivity index (χ3n) is 18.0. The van der Waals surface area contributed by atoms with Crippen molar-refractivity contribution < 1.29 is 24.5 Å². The summed E-state index contributed by atoms with van der Waals surface area (Å²) in [5.41, 5.74) is 12.7. The van der Waals surface area contributed by atoms with E-state index < -0.39 is 17.1 Å². The maximum absolute atomic E-state index is 14.5. The van der Waals surface area contributed by atoms with E-state index in [-0.39, 0.29) is 57.4 Å². The second kappa shape index (κ2) is 14.8. The summed E-state index contributed by atoms with van der Waals surface area (Å²) >= 11 is 0. The minimum absolute atomic E-state index is 0.0603. The minimum Gasteiger partial charge on any atom is -0.508 e. The highest BCUT2D eigenvalue weighted by Gasteiger charge is 2.69. The Morgan fingerprint density at radius 2 is 1.63 bits per heavy atom. The molecule has 5 N–H and O–H groups in total. The number of anilines is 1. The van der Waals surface area contributed by atoms with Crippen LogP contribution in [0.4, 0.5) is 5.69 Å². The number of nitrogens with two attached hydrogens (primary N) is 1. The summed E-state index contributed by atoms with van der Waals surface area (Å²) in [6, 6.07) is 12.4. The number of phenols is 1. The number of phenolic OH excluding ortho intramolecular Hbond substituents is 1. The van der Waals surface area contributed by atoms with E-state index in [0.29, 0.717) is 43.1 Å². The number of nitrogens with one attached hydrogen (secondary N) is 1. The number of aliphatic hydroxyl groups excluding tert-OH is 1. The van der Waals surface area contributed by atoms with Gasteiger partial charge in [0.25, 0.3) is 0 Å². The van der Waals surface area contributed by atoms with E-state index in [4.69, 9.17) is 10.5 Å². The summed E-state index contributed by atoms with van der Waals surface area (Å²) in [6.45, 7) is 21.2. The van der Waals surface area contributed by atoms with Crippen molar-refractivity contribution in [3.8, 4) is 5.75 Å². The third-order valence-corrected chi connectivity index (χ3v) is 18.0. The molecule has 0 aromatic heterocycles. The highest BCUT2D eigenvalue weighted by Crippen LogP contribution is 2.75. The number of ketones is 2. The number of hydrogen-bond donors (Lipinski definition) is 4. The summed E-state index contributed by atoms with van der Waals surface area (Å²) in [5, 5.41) is 25.9. The Bertz CT molecular complexity index is 2040. The van der Waals surface area contributed by atoms with Gasteiger partial charge in [-0.05, 0) is 170 Å². The topological polar surface area (TPSA) is 125 Å². The number of rotatable bonds is 11. The molecule has 0 bridgehead atoms. The molecule has 2 aromatic carbocycles. The van der Waals surface area contributed by atoms with Gasteiger partial charge in [0.05, 0.1) is 11.7 Å². The maximum atomic E-state index is 14.5. The van der Waals surface area contributed by atoms with Crippen molar-refractivity contribution in [3.63, 3.8) is 0 Å². The van der Waals surface area contributed by atoms with Crippen molar-refractivity contribution in [1.29, 1.82) is 0 Å². The van der Waals surface area contributed by atoms with Gasteiger partial charge in [-0.2, -0.15) is 0 Å². The molecule has 12 atom stereocenters. The van der Waals surface area contributed by atoms with Crippen LogP contribution in [0.1, 0.15) is 161 Å². The number of carbonyl (C=O) groups is 2. The predicted molar refractivity (Wildman–Crippen MR) is 236 cm³/mol. The van der Waals surface area contributed by atoms with E-state index >= 15 is 0 Å². The van der Waals surface area contributed by atoms with Gasteiger partial charge in [-0.25, -0.2) is 0 Å². The highest BCUT2D eigenvalue weighted by molar-refractivity contribution is 6.00. The lowest BCUT2D eigenvalue weighted by atomic mass is 9.35. The highest BCUT2D eigenvalue weighted by atomic mass is 16.6. The number of nitrogen functional groups attached to an aromatic ring is 1. The molecule has 5 fully saturated rings. The van der Waals surface area contributed by atoms with Crippen LogP contribution >= 0.6 is 0 Å². The molecule has 8 rings (SSSR count). The Morgan fingerprint density at radius 1 is 0.898 bits per heavy atom. The van der Waals surface area contributed by atoms with Crippen molar-refractivity contribution in [3.05, 3.63) is 69.8 Å². The first-order valence-corrected chi connectivity index (χ1v) is 23.2. The van der Waals surface area contributed by atoms with Gasteiger partial charge in [0, 0.05) is 35.4 Å². The lowest BCUT2D eigenvalue weighted by Crippen LogP contribution is -2.63. The van der Waals surface area contributed by atoms with Crippen molar-refractivity contribution >= 4 is 17.3 Å². The number of ether oxygens (including phenoxy) is 1. The largest absolute Gasteiger partial charge is 0.508 e. The zero-order valence-corrected chi connectivity index (χ0v) is 37.8. The SMILES string of the molecule is CNCc1cc(O)cc(C2CC3(C)C(CCC4(C)C3CCC3=C(C(C)CC(O)C5OC5(C)C5CCCC5c5cc(N)cc(CC(C)C)c5)C(=O)CC34C)C(C)(C)C2=O)c1. The first kappa shape index (κ1) is 42.7. The quantitative estimate of drug-likeness (QED) is 0.132. The van der Waals surface area contributed by atoms with Gasteiger partial charge in [-0.15, -0.1) is 0 Å². The second-order valence-electron chi connectivity index (χ2n) is 22.4. The Morgan fingerprint density at radius 3 is 2.34 bits per heavy atom. The molecular weight excluding hydrogens is 733 g/mol. The molecule has 12 unspecified atom stereocenters. The van der Waals surface area contributed by atoms with Crippen LogP contribution in [-0.2, 0) is 27.3 Å². The molecule has 1 heterocycles. The van der Waals surface area contributed by atoms with Crippen LogP contribution < -0.4 is 11.1 Å². The van der Waals surface area contributed by atoms with Crippen LogP contribution in [0.2, 0.25) is 0 Å². The number of aromatic hydroxyl groups is 1. The maximum Gasteiger partial charge on any atom is 0.159 e. The molecule has 1 saturated heterocycles. The van der Waals surface area contributed by atoms with Gasteiger partial charge >= 0.3 is 0 Å². The average molecular weight is 807 g/mol. The van der Waals surface area contributed by atoms with Gasteiger partial charge < -0.3 is 26.0 Å². The normalized spacial score (nSPS) is 38.6. The summed E-state index contributed by atoms with van der Waals surface area (Å²) in [4.78, 5) is 28.9. The number of fused-ring (bicyclic) bond motifs is 5. The van der Waals surface area contributed by atoms with Gasteiger partial charge in [-0.1, -0.05) is 79.5 Å². The van der Waals surface area contributed by atoms with Crippen LogP contribution in [0.3, 0.4) is 0 Å². The van der Waals surface area contributed by atoms with E-state index in [0.717, 1.165) is 80.2 Å². The summed E-state index contributed by atoms with van der Waals surface area (Å²) in [6.07, 6.45) is 9.12. The molecule has 6 aliphatic rings. The number of allylic oxidation sites excluding steroid dienone is 2. The molecule has 0 amide bonds. The van der Waals surface area contributed by atoms with Crippen molar-refractivity contribution in [2.75, 3.05) is 12.8 Å². The van der Waals surface area contributed by atoms with Gasteiger partial charge in [0.2, 0.25) is 0 Å². The zero-order valence-electron chi connectivity index (χ0n) is 37.8. The zero-order chi connectivity index (χ0) is 42.6. The molecule has 4 saturated carbocycles. The van der Waals surface area contributed by atoms with E-state index in [1.807, 2.05) is 13.1 Å². The lowest BCUT2D eigenvalue weighted by Gasteiger charge is -2.68. The van der Waals surface area contributed by atoms with Crippen molar-refractivity contribution in [2.24, 2.45) is 51.2 Å². The number of benzene rings is 2. The Balaban J connectivity index is 1.02. The van der Waals surface area contributed by atoms with E-state index in [2.05, 4.69) is 91.9 Å². The van der Waals surface area contributed by atoms with Gasteiger partial charge in [-0.3, -0.25) is 9.59 Å². The van der Waals surface area contributed by atoms with Crippen molar-refractivity contribution in [2.45, 2.75) is 169 Å². The molecule has 2 aromatic rings. The number of Topliss-reactive ketones (excluding diaryl/α,β-unsaturated/α-hetero) is 2. The number of hydrogen-bond acceptors (Lipinski definition) is 7. The molecule has 7 nitrogen and oxygen atoms in total. The van der Waals surface area contributed by atoms with Crippen LogP contribution in [0.5, 0.6) is 5.75 Å². The van der Waals surface area contributed by atoms with E-state index in [1.165, 1.54) is 16.7 Å². The van der Waals surface area contributed by atoms with E-state index in [1.54, 1.807) is 6.07 Å². The van der Waals surface area contributed by atoms with Crippen LogP contribution in [0, 0.1) is 51.2 Å². The monoisotopic (exact) mass is 807 g/mol. The fourth-order valence-electron chi connectivity index (χ4n) is 15.3. The Labute approximate surface area is 354 Å². The molecule has 59 heavy (non-hydrogen) atoms. The Hall–Kier alpha value is -3.00. The molecular formula is C52H74N2O5. The van der Waals surface area contributed by atoms with Crippen LogP contribution in [0.25, 0.3) is 0 Å². The van der Waals surface area contributed by atoms with Crippen molar-refractivity contribution in [1.82, 2.24) is 5.32 Å². The van der Waals surface area contributed by atoms with Gasteiger partial charge in [0.1, 0.15) is 17.6 Å². The average Bonchev–Trinajstić information content (AvgIpc) is 3.45. The fraction of sp³-hybridized carbons (Fsp3) is 0.692. The standard InChI is InChI=1S/C52H74N2O5/c1-29(2)18-31-20-33(24-35(53)22-31)37-12-11-13-39(37)52(9)47(59-52)41(56)19-30(3)45-40-14-15-44-49(6)26-38(34-21-32(28-54-10)23-36(55)25-34)46(58)48(4,5)43(49)16-17-50(44,7)51(40,8)27-42(45)57/h20-25,29-30,37-39,41,43-44,47,54-56H,11-19,26-28,53H2,1-10H3. The van der Waals surface area contributed by atoms with Crippen LogP contribution in [-0.4, -0.2) is 46.6 Å². The Kier molecular flexibility index (Phi) is 10.7. The lowest BCUT2D eigenvalue weighted by molar-refractivity contribution is -0.183. The number of epoxide rings is 1. The van der Waals surface area contributed by atoms with E-state index in [9.17, 15) is 19.8 Å². The molecule has 5 aliphatic carbocycles. The smallest absolute Gasteiger partial charge is 0.159 e. The number of aliphatic hydroxyl groups is 1. The van der Waals surface area contributed by atoms with Crippen LogP contribution in [0.15, 0.2) is 47.5 Å². The summed E-state index contributed by atoms with van der Waals surface area (Å²) in [5.74, 6) is 2.25. The molecule has 1 aliphatic heterocycles. The third kappa shape index (κ3) is 6.78. The fourth-order valence-corrected chi connectivity index (χ4v) is 15.3. The molecule has 7 heteroatoms. The first-order valence-electron chi connectivity index (χ1n) is 23.2. The summed E-state index contributed by atoms with van der Waals surface area (Å²) in [7, 11) is 1.90. The van der Waals surface area contributed by atoms with Gasteiger partial charge in [0.15, 0.2) is 5.78 Å². The predicted octanol–water partition coefficient (Wildman–Crippen LogP) is 10.2. The second-order valence-corrected chi connectivity index (χ2v) is 22.4.